The molecule has 2 aromatic carbocycles. The van der Waals surface area contributed by atoms with Crippen LogP contribution in [-0.2, 0) is 0 Å². The first-order chi connectivity index (χ1) is 11.7. The molecule has 1 heteroatoms. The van der Waals surface area contributed by atoms with E-state index in [2.05, 4.69) is 68.5 Å². The van der Waals surface area contributed by atoms with Crippen LogP contribution >= 0.6 is 0 Å². The predicted molar refractivity (Wildman–Crippen MR) is 105 cm³/mol. The number of aryl methyl sites for hydroxylation is 1. The Hall–Kier alpha value is -2.12. The lowest BCUT2D eigenvalue weighted by Crippen LogP contribution is -1.97. The molecular formula is C23H28O. The van der Waals surface area contributed by atoms with Crippen molar-refractivity contribution in [2.75, 3.05) is 0 Å². The van der Waals surface area contributed by atoms with Gasteiger partial charge in [0.05, 0.1) is 6.10 Å². The van der Waals surface area contributed by atoms with Crippen molar-refractivity contribution in [3.05, 3.63) is 82.9 Å². The maximum absolute atomic E-state index is 10.2. The summed E-state index contributed by atoms with van der Waals surface area (Å²) < 4.78 is 0. The van der Waals surface area contributed by atoms with Gasteiger partial charge in [-0.2, -0.15) is 0 Å². The highest BCUT2D eigenvalue weighted by Crippen LogP contribution is 2.20. The zero-order valence-corrected chi connectivity index (χ0v) is 14.8. The molecule has 126 valence electrons. The van der Waals surface area contributed by atoms with Crippen LogP contribution in [0.25, 0.3) is 12.2 Å². The summed E-state index contributed by atoms with van der Waals surface area (Å²) in [4.78, 5) is 0. The molecule has 0 bridgehead atoms. The van der Waals surface area contributed by atoms with Gasteiger partial charge in [-0.1, -0.05) is 105 Å². The van der Waals surface area contributed by atoms with Crippen molar-refractivity contribution in [1.29, 1.82) is 0 Å². The molecule has 0 heterocycles. The van der Waals surface area contributed by atoms with Gasteiger partial charge in [-0.3, -0.25) is 0 Å². The van der Waals surface area contributed by atoms with Crippen LogP contribution in [0.5, 0.6) is 0 Å². The summed E-state index contributed by atoms with van der Waals surface area (Å²) in [5, 5.41) is 10.2. The normalized spacial score (nSPS) is 13.0. The smallest absolute Gasteiger partial charge is 0.0790 e. The number of benzene rings is 2. The topological polar surface area (TPSA) is 20.2 Å². The minimum absolute atomic E-state index is 0.337. The highest BCUT2D eigenvalue weighted by molar-refractivity contribution is 5.57. The van der Waals surface area contributed by atoms with Crippen LogP contribution < -0.4 is 0 Å². The molecule has 2 rings (SSSR count). The van der Waals surface area contributed by atoms with E-state index in [9.17, 15) is 5.11 Å². The Morgan fingerprint density at radius 2 is 1.38 bits per heavy atom. The van der Waals surface area contributed by atoms with Crippen LogP contribution in [0, 0.1) is 6.92 Å². The number of aliphatic hydroxyl groups is 1. The number of allylic oxidation sites excluding steroid dienone is 2. The van der Waals surface area contributed by atoms with E-state index in [4.69, 9.17) is 0 Å². The molecule has 0 saturated carbocycles. The monoisotopic (exact) mass is 320 g/mol. The van der Waals surface area contributed by atoms with E-state index in [-0.39, 0.29) is 6.10 Å². The van der Waals surface area contributed by atoms with E-state index in [1.807, 2.05) is 18.2 Å². The van der Waals surface area contributed by atoms with Crippen LogP contribution in [0.15, 0.2) is 60.7 Å². The summed E-state index contributed by atoms with van der Waals surface area (Å²) in [6, 6.07) is 16.7. The molecule has 1 atom stereocenters. The average molecular weight is 320 g/mol. The van der Waals surface area contributed by atoms with Crippen LogP contribution in [0.1, 0.15) is 61.0 Å². The summed E-state index contributed by atoms with van der Waals surface area (Å²) in [6.07, 6.45) is 12.3. The molecule has 0 aliphatic carbocycles. The Kier molecular flexibility index (Phi) is 7.51. The molecule has 0 aliphatic rings. The Morgan fingerprint density at radius 3 is 1.92 bits per heavy atom. The Bertz CT molecular complexity index is 647. The summed E-state index contributed by atoms with van der Waals surface area (Å²) in [6.45, 7) is 4.28. The fourth-order valence-corrected chi connectivity index (χ4v) is 2.59. The molecular weight excluding hydrogens is 292 g/mol. The van der Waals surface area contributed by atoms with Gasteiger partial charge in [0.2, 0.25) is 0 Å². The van der Waals surface area contributed by atoms with Gasteiger partial charge in [-0.05, 0) is 30.0 Å². The van der Waals surface area contributed by atoms with Gasteiger partial charge in [0, 0.05) is 0 Å². The van der Waals surface area contributed by atoms with Gasteiger partial charge in [-0.15, -0.1) is 0 Å². The van der Waals surface area contributed by atoms with E-state index in [1.165, 1.54) is 24.0 Å². The van der Waals surface area contributed by atoms with Gasteiger partial charge < -0.3 is 5.11 Å². The van der Waals surface area contributed by atoms with Crippen molar-refractivity contribution in [1.82, 2.24) is 0 Å². The van der Waals surface area contributed by atoms with E-state index >= 15 is 0 Å². The zero-order valence-electron chi connectivity index (χ0n) is 14.8. The third-order valence-electron chi connectivity index (χ3n) is 4.17. The van der Waals surface area contributed by atoms with E-state index in [0.717, 1.165) is 24.0 Å². The van der Waals surface area contributed by atoms with Crippen molar-refractivity contribution in [3.8, 4) is 0 Å². The first kappa shape index (κ1) is 18.2. The van der Waals surface area contributed by atoms with E-state index in [1.54, 1.807) is 0 Å². The molecule has 0 amide bonds. The molecule has 0 spiro atoms. The summed E-state index contributed by atoms with van der Waals surface area (Å²) in [7, 11) is 0. The molecule has 1 unspecified atom stereocenters. The minimum atomic E-state index is -0.337. The molecule has 1 N–H and O–H groups in total. The summed E-state index contributed by atoms with van der Waals surface area (Å²) >= 11 is 0. The lowest BCUT2D eigenvalue weighted by Gasteiger charge is -2.10. The quantitative estimate of drug-likeness (QED) is 0.445. The lowest BCUT2D eigenvalue weighted by molar-refractivity contribution is 0.163. The fraction of sp³-hybridized carbons (Fsp3) is 0.304. The molecule has 1 nitrogen and oxygen atoms in total. The third-order valence-corrected chi connectivity index (χ3v) is 4.17. The van der Waals surface area contributed by atoms with Crippen molar-refractivity contribution < 1.29 is 5.11 Å². The SMILES string of the molecule is CCCCCC(O)c1ccc(/C=C/C=C/c2ccc(C)cc2)cc1. The second kappa shape index (κ2) is 9.89. The van der Waals surface area contributed by atoms with Crippen LogP contribution in [0.3, 0.4) is 0 Å². The largest absolute Gasteiger partial charge is 0.388 e. The summed E-state index contributed by atoms with van der Waals surface area (Å²) in [5.41, 5.74) is 4.64. The van der Waals surface area contributed by atoms with Crippen LogP contribution in [0.2, 0.25) is 0 Å². The van der Waals surface area contributed by atoms with E-state index < -0.39 is 0 Å². The van der Waals surface area contributed by atoms with Crippen molar-refractivity contribution in [3.63, 3.8) is 0 Å². The highest BCUT2D eigenvalue weighted by Gasteiger charge is 2.06. The first-order valence-corrected chi connectivity index (χ1v) is 8.88. The molecule has 0 aromatic heterocycles. The van der Waals surface area contributed by atoms with Gasteiger partial charge in [-0.25, -0.2) is 0 Å². The zero-order chi connectivity index (χ0) is 17.2. The van der Waals surface area contributed by atoms with Crippen molar-refractivity contribution >= 4 is 12.2 Å². The van der Waals surface area contributed by atoms with Crippen molar-refractivity contribution in [2.45, 2.75) is 45.6 Å². The van der Waals surface area contributed by atoms with Gasteiger partial charge >= 0.3 is 0 Å². The molecule has 24 heavy (non-hydrogen) atoms. The number of rotatable bonds is 8. The number of hydrogen-bond donors (Lipinski definition) is 1. The van der Waals surface area contributed by atoms with Crippen LogP contribution in [-0.4, -0.2) is 5.11 Å². The summed E-state index contributed by atoms with van der Waals surface area (Å²) in [5.74, 6) is 0. The van der Waals surface area contributed by atoms with Gasteiger partial charge in [0.25, 0.3) is 0 Å². The number of aliphatic hydroxyl groups excluding tert-OH is 1. The maximum Gasteiger partial charge on any atom is 0.0790 e. The molecule has 2 aromatic rings. The predicted octanol–water partition coefficient (Wildman–Crippen LogP) is 6.34. The second-order valence-corrected chi connectivity index (χ2v) is 6.31. The standard InChI is InChI=1S/C23H28O/c1-3-4-5-10-23(24)22-17-15-21(16-18-22)9-7-6-8-20-13-11-19(2)12-14-20/h6-9,11-18,23-24H,3-5,10H2,1-2H3/b8-6+,9-7+. The Balaban J connectivity index is 1.87. The maximum atomic E-state index is 10.2. The van der Waals surface area contributed by atoms with E-state index in [0.29, 0.717) is 0 Å². The average Bonchev–Trinajstić information content (AvgIpc) is 2.61. The lowest BCUT2D eigenvalue weighted by atomic mass is 10.0. The number of hydrogen-bond acceptors (Lipinski definition) is 1. The molecule has 0 radical (unpaired) electrons. The Labute approximate surface area is 146 Å². The van der Waals surface area contributed by atoms with Gasteiger partial charge in [0.1, 0.15) is 0 Å². The molecule has 0 fully saturated rings. The van der Waals surface area contributed by atoms with Crippen LogP contribution in [0.4, 0.5) is 0 Å². The minimum Gasteiger partial charge on any atom is -0.388 e. The number of unbranched alkanes of at least 4 members (excludes halogenated alkanes) is 2. The fourth-order valence-electron chi connectivity index (χ4n) is 2.59. The molecule has 0 aliphatic heterocycles. The van der Waals surface area contributed by atoms with Crippen molar-refractivity contribution in [2.24, 2.45) is 0 Å². The highest BCUT2D eigenvalue weighted by atomic mass is 16.3. The second-order valence-electron chi connectivity index (χ2n) is 6.31. The first-order valence-electron chi connectivity index (χ1n) is 8.88. The Morgan fingerprint density at radius 1 is 0.833 bits per heavy atom. The molecule has 0 saturated heterocycles. The van der Waals surface area contributed by atoms with Gasteiger partial charge in [0.15, 0.2) is 0 Å². The third kappa shape index (κ3) is 6.17.